The summed E-state index contributed by atoms with van der Waals surface area (Å²) >= 11 is 0. The molecule has 1 unspecified atom stereocenters. The molecule has 0 aliphatic carbocycles. The quantitative estimate of drug-likeness (QED) is 0.0721. The van der Waals surface area contributed by atoms with Crippen molar-refractivity contribution in [3.8, 4) is 0 Å². The molecule has 0 fully saturated rings. The third-order valence-corrected chi connectivity index (χ3v) is 9.04. The van der Waals surface area contributed by atoms with Gasteiger partial charge in [-0.2, -0.15) is 0 Å². The molecule has 0 bridgehead atoms. The monoisotopic (exact) mass is 534 g/mol. The van der Waals surface area contributed by atoms with Gasteiger partial charge in [-0.25, -0.2) is 0 Å². The summed E-state index contributed by atoms with van der Waals surface area (Å²) < 4.78 is 0. The van der Waals surface area contributed by atoms with Crippen LogP contribution in [0.25, 0.3) is 0 Å². The highest BCUT2D eigenvalue weighted by Crippen LogP contribution is 2.25. The molecule has 0 heteroatoms. The largest absolute Gasteiger partial charge is 0.0654 e. The second kappa shape index (κ2) is 35.0. The van der Waals surface area contributed by atoms with Gasteiger partial charge in [0.05, 0.1) is 0 Å². The van der Waals surface area contributed by atoms with Crippen LogP contribution in [0.2, 0.25) is 0 Å². The second-order valence-corrected chi connectivity index (χ2v) is 13.0. The molecule has 1 atom stereocenters. The van der Waals surface area contributed by atoms with Gasteiger partial charge in [-0.05, 0) is 5.92 Å². The minimum Gasteiger partial charge on any atom is -0.0654 e. The first-order chi connectivity index (χ1) is 18.8. The lowest BCUT2D eigenvalue weighted by molar-refractivity contribution is 0.366. The van der Waals surface area contributed by atoms with E-state index in [9.17, 15) is 0 Å². The van der Waals surface area contributed by atoms with E-state index >= 15 is 0 Å². The van der Waals surface area contributed by atoms with Gasteiger partial charge in [-0.15, -0.1) is 0 Å². The van der Waals surface area contributed by atoms with Crippen LogP contribution in [0.15, 0.2) is 0 Å². The fourth-order valence-electron chi connectivity index (χ4n) is 6.30. The molecule has 0 nitrogen and oxygen atoms in total. The molecular weight excluding hydrogens is 456 g/mol. The van der Waals surface area contributed by atoms with Gasteiger partial charge >= 0.3 is 0 Å². The predicted octanol–water partition coefficient (Wildman–Crippen LogP) is 14.7. The summed E-state index contributed by atoms with van der Waals surface area (Å²) in [6.07, 6.45) is 49.7. The van der Waals surface area contributed by atoms with Gasteiger partial charge in [0.2, 0.25) is 0 Å². The summed E-state index contributed by atoms with van der Waals surface area (Å²) in [5.41, 5.74) is 0. The Bertz CT molecular complexity index is 385. The summed E-state index contributed by atoms with van der Waals surface area (Å²) in [6, 6.07) is 0. The molecule has 0 aromatic heterocycles. The molecule has 0 amide bonds. The van der Waals surface area contributed by atoms with Gasteiger partial charge in [-0.1, -0.05) is 239 Å². The standard InChI is InChI=1S/C38H77/c1-4-7-10-13-15-17-19-21-23-25-27-29-31-34-37-38(35-32-12-9-6-3)36-33-30-28-26-24-22-20-18-16-14-11-8-5-2/h38H,3-37H2,1-2H3. The Morgan fingerprint density at radius 1 is 0.289 bits per heavy atom. The Labute approximate surface area is 244 Å². The highest BCUT2D eigenvalue weighted by molar-refractivity contribution is 4.62. The maximum Gasteiger partial charge on any atom is -0.0414 e. The Kier molecular flexibility index (Phi) is 35.0. The molecular formula is C38H77. The average Bonchev–Trinajstić information content (AvgIpc) is 2.93. The van der Waals surface area contributed by atoms with Gasteiger partial charge in [0, 0.05) is 0 Å². The lowest BCUT2D eigenvalue weighted by atomic mass is 9.89. The molecule has 38 heavy (non-hydrogen) atoms. The van der Waals surface area contributed by atoms with Crippen LogP contribution in [-0.4, -0.2) is 0 Å². The fraction of sp³-hybridized carbons (Fsp3) is 0.974. The van der Waals surface area contributed by atoms with Crippen molar-refractivity contribution in [2.45, 2.75) is 232 Å². The van der Waals surface area contributed by atoms with Gasteiger partial charge < -0.3 is 0 Å². The maximum atomic E-state index is 4.04. The van der Waals surface area contributed by atoms with E-state index in [0.29, 0.717) is 0 Å². The van der Waals surface area contributed by atoms with E-state index < -0.39 is 0 Å². The minimum atomic E-state index is 1.02. The zero-order valence-electron chi connectivity index (χ0n) is 27.3. The highest BCUT2D eigenvalue weighted by atomic mass is 14.1. The van der Waals surface area contributed by atoms with Crippen LogP contribution >= 0.6 is 0 Å². The van der Waals surface area contributed by atoms with Crippen molar-refractivity contribution in [2.24, 2.45) is 5.92 Å². The molecule has 1 radical (unpaired) electrons. The number of rotatable bonds is 34. The van der Waals surface area contributed by atoms with Crippen LogP contribution in [0.3, 0.4) is 0 Å². The van der Waals surface area contributed by atoms with E-state index in [2.05, 4.69) is 20.8 Å². The summed E-state index contributed by atoms with van der Waals surface area (Å²) in [7, 11) is 0. The number of hydrogen-bond acceptors (Lipinski definition) is 0. The van der Waals surface area contributed by atoms with Crippen LogP contribution in [0.1, 0.15) is 232 Å². The molecule has 229 valence electrons. The Morgan fingerprint density at radius 2 is 0.500 bits per heavy atom. The Morgan fingerprint density at radius 3 is 0.737 bits per heavy atom. The lowest BCUT2D eigenvalue weighted by Gasteiger charge is -2.17. The summed E-state index contributed by atoms with van der Waals surface area (Å²) in [6.45, 7) is 8.66. The second-order valence-electron chi connectivity index (χ2n) is 13.0. The van der Waals surface area contributed by atoms with Gasteiger partial charge in [0.25, 0.3) is 0 Å². The molecule has 0 spiro atoms. The van der Waals surface area contributed by atoms with Crippen LogP contribution in [-0.2, 0) is 0 Å². The molecule has 0 aliphatic heterocycles. The van der Waals surface area contributed by atoms with E-state index in [0.717, 1.165) is 12.3 Å². The van der Waals surface area contributed by atoms with E-state index in [-0.39, 0.29) is 0 Å². The van der Waals surface area contributed by atoms with Gasteiger partial charge in [0.1, 0.15) is 0 Å². The maximum absolute atomic E-state index is 4.04. The van der Waals surface area contributed by atoms with Crippen molar-refractivity contribution < 1.29 is 0 Å². The molecule has 0 rings (SSSR count). The summed E-state index contributed by atoms with van der Waals surface area (Å²) in [4.78, 5) is 0. The van der Waals surface area contributed by atoms with Crippen molar-refractivity contribution in [1.29, 1.82) is 0 Å². The first-order valence-electron chi connectivity index (χ1n) is 18.6. The molecule has 0 aromatic rings. The Hall–Kier alpha value is 0. The van der Waals surface area contributed by atoms with E-state index in [1.165, 1.54) is 212 Å². The van der Waals surface area contributed by atoms with Crippen molar-refractivity contribution in [3.63, 3.8) is 0 Å². The zero-order valence-corrected chi connectivity index (χ0v) is 27.3. The predicted molar refractivity (Wildman–Crippen MR) is 177 cm³/mol. The van der Waals surface area contributed by atoms with Crippen LogP contribution < -0.4 is 0 Å². The molecule has 0 N–H and O–H groups in total. The van der Waals surface area contributed by atoms with Crippen molar-refractivity contribution in [2.75, 3.05) is 0 Å². The number of unbranched alkanes of at least 4 members (excludes halogenated alkanes) is 28. The fourth-order valence-corrected chi connectivity index (χ4v) is 6.30. The molecule has 0 saturated heterocycles. The molecule has 0 heterocycles. The zero-order chi connectivity index (χ0) is 27.6. The topological polar surface area (TPSA) is 0 Å². The smallest absolute Gasteiger partial charge is 0.0414 e. The third-order valence-electron chi connectivity index (χ3n) is 9.04. The lowest BCUT2D eigenvalue weighted by Crippen LogP contribution is -2.01. The molecule has 0 saturated carbocycles. The van der Waals surface area contributed by atoms with Gasteiger partial charge in [0.15, 0.2) is 0 Å². The summed E-state index contributed by atoms with van der Waals surface area (Å²) in [5.74, 6) is 1.02. The number of hydrogen-bond donors (Lipinski definition) is 0. The molecule has 0 aliphatic rings. The SMILES string of the molecule is [CH2]CCCCCC(CCCCCCCCCCCCCCC)CCCCCCCCCCCCCCCC. The minimum absolute atomic E-state index is 1.02. The third kappa shape index (κ3) is 32.2. The normalized spacial score (nSPS) is 12.4. The van der Waals surface area contributed by atoms with Crippen molar-refractivity contribution in [1.82, 2.24) is 0 Å². The van der Waals surface area contributed by atoms with Crippen molar-refractivity contribution in [3.05, 3.63) is 6.92 Å². The first-order valence-corrected chi connectivity index (χ1v) is 18.6. The Balaban J connectivity index is 3.63. The first kappa shape index (κ1) is 38.0. The van der Waals surface area contributed by atoms with Crippen LogP contribution in [0, 0.1) is 12.8 Å². The van der Waals surface area contributed by atoms with Crippen LogP contribution in [0.5, 0.6) is 0 Å². The van der Waals surface area contributed by atoms with E-state index in [4.69, 9.17) is 0 Å². The van der Waals surface area contributed by atoms with Gasteiger partial charge in [-0.3, -0.25) is 0 Å². The summed E-state index contributed by atoms with van der Waals surface area (Å²) in [5, 5.41) is 0. The van der Waals surface area contributed by atoms with E-state index in [1.54, 1.807) is 0 Å². The highest BCUT2D eigenvalue weighted by Gasteiger charge is 2.08. The van der Waals surface area contributed by atoms with E-state index in [1.807, 2.05) is 0 Å². The van der Waals surface area contributed by atoms with Crippen molar-refractivity contribution >= 4 is 0 Å². The average molecular weight is 534 g/mol. The molecule has 0 aromatic carbocycles. The van der Waals surface area contributed by atoms with Crippen LogP contribution in [0.4, 0.5) is 0 Å².